The predicted octanol–water partition coefficient (Wildman–Crippen LogP) is 3.73. The van der Waals surface area contributed by atoms with Crippen LogP contribution < -0.4 is 10.6 Å². The molecule has 0 bridgehead atoms. The quantitative estimate of drug-likeness (QED) is 0.391. The first-order valence-corrected chi connectivity index (χ1v) is 10.3. The van der Waals surface area contributed by atoms with Gasteiger partial charge in [-0.25, -0.2) is 0 Å². The van der Waals surface area contributed by atoms with Gasteiger partial charge in [-0.15, -0.1) is 0 Å². The molecule has 5 heteroatoms. The van der Waals surface area contributed by atoms with E-state index in [0.29, 0.717) is 0 Å². The van der Waals surface area contributed by atoms with Crippen LogP contribution in [0, 0.1) is 0 Å². The summed E-state index contributed by atoms with van der Waals surface area (Å²) in [5.41, 5.74) is 1.31. The highest BCUT2D eigenvalue weighted by Crippen LogP contribution is 2.15. The van der Waals surface area contributed by atoms with Crippen molar-refractivity contribution in [2.45, 2.75) is 32.7 Å². The Balaban J connectivity index is 1.75. The molecule has 1 heterocycles. The second-order valence-electron chi connectivity index (χ2n) is 5.81. The molecule has 0 unspecified atom stereocenters. The summed E-state index contributed by atoms with van der Waals surface area (Å²) in [5.74, 6) is 2.18. The first kappa shape index (κ1) is 18.7. The van der Waals surface area contributed by atoms with E-state index in [1.54, 1.807) is 0 Å². The number of fused-ring (bicyclic) bond motifs is 1. The summed E-state index contributed by atoms with van der Waals surface area (Å²) in [6, 6.07) is 10.7. The number of thioether (sulfide) groups is 1. The third-order valence-corrected chi connectivity index (χ3v) is 4.62. The van der Waals surface area contributed by atoms with Crippen LogP contribution in [0.4, 0.5) is 0 Å². The molecular formula is C19H30N4S. The molecule has 0 saturated heterocycles. The van der Waals surface area contributed by atoms with Gasteiger partial charge in [0.25, 0.3) is 0 Å². The zero-order valence-electron chi connectivity index (χ0n) is 14.9. The number of hydrogen-bond acceptors (Lipinski definition) is 2. The minimum atomic E-state index is 0.840. The third-order valence-electron chi connectivity index (χ3n) is 3.92. The molecule has 0 atom stereocenters. The molecule has 0 aliphatic heterocycles. The molecule has 2 aromatic rings. The van der Waals surface area contributed by atoms with Crippen LogP contribution in [-0.4, -0.2) is 42.2 Å². The van der Waals surface area contributed by atoms with Gasteiger partial charge < -0.3 is 15.2 Å². The summed E-state index contributed by atoms with van der Waals surface area (Å²) < 4.78 is 2.31. The molecule has 2 N–H and O–H groups in total. The maximum absolute atomic E-state index is 4.69. The number of hydrogen-bond donors (Lipinski definition) is 2. The van der Waals surface area contributed by atoms with E-state index in [9.17, 15) is 0 Å². The van der Waals surface area contributed by atoms with Gasteiger partial charge in [-0.05, 0) is 55.7 Å². The third kappa shape index (κ3) is 6.11. The van der Waals surface area contributed by atoms with Crippen molar-refractivity contribution < 1.29 is 0 Å². The average Bonchev–Trinajstić information content (AvgIpc) is 3.01. The van der Waals surface area contributed by atoms with Gasteiger partial charge in [0.15, 0.2) is 5.96 Å². The second-order valence-corrected chi connectivity index (χ2v) is 6.79. The summed E-state index contributed by atoms with van der Waals surface area (Å²) >= 11 is 1.91. The Bertz CT molecular complexity index is 621. The van der Waals surface area contributed by atoms with E-state index < -0.39 is 0 Å². The number of aryl methyl sites for hydroxylation is 1. The Morgan fingerprint density at radius 3 is 2.83 bits per heavy atom. The molecule has 0 saturated carbocycles. The van der Waals surface area contributed by atoms with Gasteiger partial charge in [-0.3, -0.25) is 4.99 Å². The second kappa shape index (κ2) is 11.0. The summed E-state index contributed by atoms with van der Waals surface area (Å²) in [7, 11) is 0. The lowest BCUT2D eigenvalue weighted by Gasteiger charge is -2.11. The average molecular weight is 347 g/mol. The van der Waals surface area contributed by atoms with Crippen LogP contribution >= 0.6 is 11.8 Å². The van der Waals surface area contributed by atoms with Crippen LogP contribution in [0.2, 0.25) is 0 Å². The van der Waals surface area contributed by atoms with E-state index in [4.69, 9.17) is 0 Å². The summed E-state index contributed by atoms with van der Waals surface area (Å²) in [5, 5.41) is 8.06. The molecule has 24 heavy (non-hydrogen) atoms. The Kier molecular flexibility index (Phi) is 8.60. The van der Waals surface area contributed by atoms with Crippen molar-refractivity contribution in [3.8, 4) is 0 Å². The minimum Gasteiger partial charge on any atom is -0.357 e. The smallest absolute Gasteiger partial charge is 0.191 e. The fourth-order valence-corrected chi connectivity index (χ4v) is 3.18. The lowest BCUT2D eigenvalue weighted by atomic mass is 10.2. The molecule has 0 aliphatic carbocycles. The molecule has 0 spiro atoms. The van der Waals surface area contributed by atoms with Gasteiger partial charge in [-0.2, -0.15) is 11.8 Å². The molecule has 1 aromatic heterocycles. The fraction of sp³-hybridized carbons (Fsp3) is 0.526. The van der Waals surface area contributed by atoms with Crippen LogP contribution in [0.15, 0.2) is 41.5 Å². The van der Waals surface area contributed by atoms with Crippen molar-refractivity contribution in [3.05, 3.63) is 36.5 Å². The normalized spacial score (nSPS) is 11.8. The maximum atomic E-state index is 4.69. The van der Waals surface area contributed by atoms with Gasteiger partial charge >= 0.3 is 0 Å². The Morgan fingerprint density at radius 2 is 2.00 bits per heavy atom. The number of benzene rings is 1. The van der Waals surface area contributed by atoms with Gasteiger partial charge in [0.1, 0.15) is 0 Å². The van der Waals surface area contributed by atoms with E-state index in [1.807, 2.05) is 11.8 Å². The molecular weight excluding hydrogens is 316 g/mol. The lowest BCUT2D eigenvalue weighted by Crippen LogP contribution is -2.37. The van der Waals surface area contributed by atoms with Gasteiger partial charge in [-0.1, -0.05) is 18.2 Å². The van der Waals surface area contributed by atoms with Crippen molar-refractivity contribution in [2.24, 2.45) is 4.99 Å². The van der Waals surface area contributed by atoms with E-state index in [0.717, 1.165) is 38.6 Å². The molecule has 0 fully saturated rings. The van der Waals surface area contributed by atoms with Crippen LogP contribution in [0.5, 0.6) is 0 Å². The standard InChI is InChI=1S/C19H30N4S/c1-3-20-19(21-12-6-7-16-24-2)22-13-8-14-23-15-11-17-9-4-5-10-18(17)23/h4-5,9-11,15H,3,6-8,12-14,16H2,1-2H3,(H2,20,21,22). The largest absolute Gasteiger partial charge is 0.357 e. The Morgan fingerprint density at radius 1 is 1.12 bits per heavy atom. The van der Waals surface area contributed by atoms with Gasteiger partial charge in [0, 0.05) is 37.9 Å². The van der Waals surface area contributed by atoms with Crippen molar-refractivity contribution in [3.63, 3.8) is 0 Å². The van der Waals surface area contributed by atoms with Crippen molar-refractivity contribution >= 4 is 28.6 Å². The van der Waals surface area contributed by atoms with E-state index in [2.05, 4.69) is 69.9 Å². The van der Waals surface area contributed by atoms with E-state index >= 15 is 0 Å². The van der Waals surface area contributed by atoms with Crippen molar-refractivity contribution in [1.29, 1.82) is 0 Å². The number of nitrogens with zero attached hydrogens (tertiary/aromatic N) is 2. The monoisotopic (exact) mass is 346 g/mol. The van der Waals surface area contributed by atoms with Gasteiger partial charge in [0.05, 0.1) is 0 Å². The van der Waals surface area contributed by atoms with Crippen LogP contribution in [-0.2, 0) is 6.54 Å². The number of nitrogens with one attached hydrogen (secondary N) is 2. The molecule has 0 amide bonds. The minimum absolute atomic E-state index is 0.840. The molecule has 0 aliphatic rings. The predicted molar refractivity (Wildman–Crippen MR) is 108 cm³/mol. The topological polar surface area (TPSA) is 41.4 Å². The first-order chi connectivity index (χ1) is 11.8. The highest BCUT2D eigenvalue weighted by Gasteiger charge is 2.00. The highest BCUT2D eigenvalue weighted by atomic mass is 32.2. The summed E-state index contributed by atoms with van der Waals surface area (Å²) in [6.07, 6.45) is 7.83. The maximum Gasteiger partial charge on any atom is 0.191 e. The number of unbranched alkanes of at least 4 members (excludes halogenated alkanes) is 1. The zero-order chi connectivity index (χ0) is 17.0. The zero-order valence-corrected chi connectivity index (χ0v) is 15.7. The molecule has 4 nitrogen and oxygen atoms in total. The highest BCUT2D eigenvalue weighted by molar-refractivity contribution is 7.98. The Labute approximate surface area is 150 Å². The summed E-state index contributed by atoms with van der Waals surface area (Å²) in [4.78, 5) is 4.69. The van der Waals surface area contributed by atoms with Crippen LogP contribution in [0.3, 0.4) is 0 Å². The van der Waals surface area contributed by atoms with E-state index in [-0.39, 0.29) is 0 Å². The Hall–Kier alpha value is -1.62. The van der Waals surface area contributed by atoms with Crippen LogP contribution in [0.1, 0.15) is 26.2 Å². The lowest BCUT2D eigenvalue weighted by molar-refractivity contribution is 0.664. The summed E-state index contributed by atoms with van der Waals surface area (Å²) in [6.45, 7) is 5.85. The van der Waals surface area contributed by atoms with Crippen molar-refractivity contribution in [1.82, 2.24) is 15.2 Å². The number of para-hydroxylation sites is 1. The molecule has 1 aromatic carbocycles. The first-order valence-electron chi connectivity index (χ1n) is 8.90. The number of aromatic nitrogens is 1. The number of aliphatic imine (C=N–C) groups is 1. The molecule has 2 rings (SSSR count). The van der Waals surface area contributed by atoms with Crippen molar-refractivity contribution in [2.75, 3.05) is 31.6 Å². The van der Waals surface area contributed by atoms with Crippen LogP contribution in [0.25, 0.3) is 10.9 Å². The molecule has 132 valence electrons. The number of guanidine groups is 1. The number of rotatable bonds is 10. The molecule has 0 radical (unpaired) electrons. The fourth-order valence-electron chi connectivity index (χ4n) is 2.69. The SMILES string of the molecule is CCNC(=NCCCn1ccc2ccccc21)NCCCCSC. The van der Waals surface area contributed by atoms with E-state index in [1.165, 1.54) is 29.5 Å². The van der Waals surface area contributed by atoms with Gasteiger partial charge in [0.2, 0.25) is 0 Å².